The van der Waals surface area contributed by atoms with E-state index in [0.717, 1.165) is 32.8 Å². The summed E-state index contributed by atoms with van der Waals surface area (Å²) in [5.74, 6) is 0.179. The summed E-state index contributed by atoms with van der Waals surface area (Å²) >= 11 is 3.61. The third kappa shape index (κ3) is 6.14. The summed E-state index contributed by atoms with van der Waals surface area (Å²) < 4.78 is 6.72. The fourth-order valence-corrected chi connectivity index (χ4v) is 4.17. The molecule has 3 aromatic rings. The van der Waals surface area contributed by atoms with Crippen LogP contribution in [0.15, 0.2) is 65.1 Å². The summed E-state index contributed by atoms with van der Waals surface area (Å²) in [7, 11) is 0. The Kier molecular flexibility index (Phi) is 8.50. The molecule has 0 bridgehead atoms. The van der Waals surface area contributed by atoms with Crippen LogP contribution in [0.4, 0.5) is 0 Å². The third-order valence-corrected chi connectivity index (χ3v) is 6.77. The van der Waals surface area contributed by atoms with Gasteiger partial charge in [-0.25, -0.2) is 0 Å². The van der Waals surface area contributed by atoms with Crippen LogP contribution in [0.25, 0.3) is 10.8 Å². The van der Waals surface area contributed by atoms with Crippen molar-refractivity contribution in [2.24, 2.45) is 0 Å². The molecular weight excluding hydrogens is 480 g/mol. The molecule has 1 N–H and O–H groups in total. The average Bonchev–Trinajstić information content (AvgIpc) is 2.82. The van der Waals surface area contributed by atoms with Gasteiger partial charge in [0.05, 0.1) is 4.47 Å². The van der Waals surface area contributed by atoms with Gasteiger partial charge in [0.1, 0.15) is 11.8 Å². The summed E-state index contributed by atoms with van der Waals surface area (Å²) in [6.07, 6.45) is 0.823. The van der Waals surface area contributed by atoms with Crippen LogP contribution in [-0.2, 0) is 16.1 Å². The van der Waals surface area contributed by atoms with Crippen LogP contribution in [0.5, 0.6) is 5.75 Å². The second kappa shape index (κ2) is 11.3. The van der Waals surface area contributed by atoms with Gasteiger partial charge in [0.15, 0.2) is 6.61 Å². The monoisotopic (exact) mass is 510 g/mol. The van der Waals surface area contributed by atoms with Gasteiger partial charge in [-0.3, -0.25) is 9.59 Å². The second-order valence-corrected chi connectivity index (χ2v) is 9.12. The van der Waals surface area contributed by atoms with E-state index in [1.54, 1.807) is 11.8 Å². The summed E-state index contributed by atoms with van der Waals surface area (Å²) in [4.78, 5) is 27.8. The number of hydrogen-bond donors (Lipinski definition) is 1. The molecule has 2 atom stereocenters. The Morgan fingerprint density at radius 2 is 1.73 bits per heavy atom. The predicted molar refractivity (Wildman–Crippen MR) is 136 cm³/mol. The quantitative estimate of drug-likeness (QED) is 0.406. The van der Waals surface area contributed by atoms with Gasteiger partial charge in [-0.05, 0) is 71.1 Å². The van der Waals surface area contributed by atoms with Crippen molar-refractivity contribution >= 4 is 38.5 Å². The van der Waals surface area contributed by atoms with Crippen molar-refractivity contribution in [2.75, 3.05) is 6.61 Å². The van der Waals surface area contributed by atoms with E-state index in [0.29, 0.717) is 12.3 Å². The number of aryl methyl sites for hydroxylation is 1. The average molecular weight is 511 g/mol. The Balaban J connectivity index is 1.80. The number of carbonyl (C=O) groups is 2. The Labute approximate surface area is 204 Å². The molecule has 3 rings (SSSR count). The molecule has 0 unspecified atom stereocenters. The van der Waals surface area contributed by atoms with Crippen LogP contribution < -0.4 is 10.1 Å². The number of nitrogens with one attached hydrogen (secondary N) is 1. The maximum atomic E-state index is 13.3. The number of nitrogens with zero attached hydrogens (tertiary/aromatic N) is 1. The zero-order chi connectivity index (χ0) is 24.0. The molecule has 0 heterocycles. The topological polar surface area (TPSA) is 58.6 Å². The van der Waals surface area contributed by atoms with Crippen molar-refractivity contribution in [2.45, 2.75) is 52.7 Å². The summed E-state index contributed by atoms with van der Waals surface area (Å²) in [5.41, 5.74) is 2.07. The number of benzene rings is 3. The van der Waals surface area contributed by atoms with Gasteiger partial charge < -0.3 is 15.0 Å². The molecule has 0 spiro atoms. The third-order valence-electron chi connectivity index (χ3n) is 5.95. The van der Waals surface area contributed by atoms with Crippen molar-refractivity contribution in [3.63, 3.8) is 0 Å². The highest BCUT2D eigenvalue weighted by Gasteiger charge is 2.27. The van der Waals surface area contributed by atoms with Gasteiger partial charge in [-0.2, -0.15) is 0 Å². The SMILES string of the molecule is CC[C@H](C)NC(=O)[C@@H](C)N(Cc1ccccc1C)C(=O)COc1ccc2ccccc2c1Br. The number of ether oxygens (including phenoxy) is 1. The minimum absolute atomic E-state index is 0.0418. The summed E-state index contributed by atoms with van der Waals surface area (Å²) in [6, 6.07) is 19.1. The Morgan fingerprint density at radius 1 is 1.03 bits per heavy atom. The highest BCUT2D eigenvalue weighted by Crippen LogP contribution is 2.33. The summed E-state index contributed by atoms with van der Waals surface area (Å²) in [5, 5.41) is 5.08. The first kappa shape index (κ1) is 24.8. The molecule has 5 nitrogen and oxygen atoms in total. The van der Waals surface area contributed by atoms with E-state index in [1.807, 2.05) is 81.4 Å². The lowest BCUT2D eigenvalue weighted by molar-refractivity contribution is -0.142. The van der Waals surface area contributed by atoms with Crippen LogP contribution in [0.3, 0.4) is 0 Å². The first-order valence-electron chi connectivity index (χ1n) is 11.3. The van der Waals surface area contributed by atoms with E-state index >= 15 is 0 Å². The van der Waals surface area contributed by atoms with Gasteiger partial charge >= 0.3 is 0 Å². The van der Waals surface area contributed by atoms with Crippen LogP contribution in [0, 0.1) is 6.92 Å². The van der Waals surface area contributed by atoms with Gasteiger partial charge in [0.2, 0.25) is 5.91 Å². The van der Waals surface area contributed by atoms with Crippen LogP contribution in [0.2, 0.25) is 0 Å². The Hall–Kier alpha value is -2.86. The molecule has 0 aliphatic heterocycles. The van der Waals surface area contributed by atoms with Crippen molar-refractivity contribution in [3.8, 4) is 5.75 Å². The minimum Gasteiger partial charge on any atom is -0.483 e. The lowest BCUT2D eigenvalue weighted by Gasteiger charge is -2.30. The maximum absolute atomic E-state index is 13.3. The first-order chi connectivity index (χ1) is 15.8. The molecule has 0 radical (unpaired) electrons. The zero-order valence-corrected chi connectivity index (χ0v) is 21.2. The van der Waals surface area contributed by atoms with Crippen LogP contribution >= 0.6 is 15.9 Å². The minimum atomic E-state index is -0.630. The maximum Gasteiger partial charge on any atom is 0.261 e. The number of hydrogen-bond acceptors (Lipinski definition) is 3. The van der Waals surface area contributed by atoms with Gasteiger partial charge in [0.25, 0.3) is 5.91 Å². The van der Waals surface area contributed by atoms with Crippen molar-refractivity contribution < 1.29 is 14.3 Å². The first-order valence-corrected chi connectivity index (χ1v) is 12.1. The van der Waals surface area contributed by atoms with E-state index in [4.69, 9.17) is 4.74 Å². The fourth-order valence-electron chi connectivity index (χ4n) is 3.57. The van der Waals surface area contributed by atoms with E-state index in [9.17, 15) is 9.59 Å². The predicted octanol–water partition coefficient (Wildman–Crippen LogP) is 5.62. The number of carbonyl (C=O) groups excluding carboxylic acids is 2. The van der Waals surface area contributed by atoms with Gasteiger partial charge in [0, 0.05) is 12.6 Å². The molecule has 0 saturated heterocycles. The molecule has 3 aromatic carbocycles. The number of amides is 2. The molecule has 0 saturated carbocycles. The zero-order valence-electron chi connectivity index (χ0n) is 19.6. The smallest absolute Gasteiger partial charge is 0.261 e. The van der Waals surface area contributed by atoms with Crippen LogP contribution in [-0.4, -0.2) is 35.4 Å². The van der Waals surface area contributed by atoms with Crippen molar-refractivity contribution in [3.05, 3.63) is 76.3 Å². The van der Waals surface area contributed by atoms with Crippen molar-refractivity contribution in [1.29, 1.82) is 0 Å². The standard InChI is InChI=1S/C27H31BrN2O3/c1-5-19(3)29-27(32)20(4)30(16-22-12-7-6-10-18(22)2)25(31)17-33-24-15-14-21-11-8-9-13-23(21)26(24)28/h6-15,19-20H,5,16-17H2,1-4H3,(H,29,32)/t19-,20+/m0/s1. The number of halogens is 1. The molecule has 0 aliphatic rings. The lowest BCUT2D eigenvalue weighted by Crippen LogP contribution is -2.50. The molecule has 0 aromatic heterocycles. The highest BCUT2D eigenvalue weighted by molar-refractivity contribution is 9.10. The number of rotatable bonds is 9. The molecule has 0 aliphatic carbocycles. The molecule has 174 valence electrons. The Morgan fingerprint density at radius 3 is 2.45 bits per heavy atom. The van der Waals surface area contributed by atoms with E-state index in [2.05, 4.69) is 21.2 Å². The van der Waals surface area contributed by atoms with E-state index in [-0.39, 0.29) is 24.5 Å². The van der Waals surface area contributed by atoms with Crippen molar-refractivity contribution in [1.82, 2.24) is 10.2 Å². The van der Waals surface area contributed by atoms with Gasteiger partial charge in [-0.15, -0.1) is 0 Å². The highest BCUT2D eigenvalue weighted by atomic mass is 79.9. The molecular formula is C27H31BrN2O3. The lowest BCUT2D eigenvalue weighted by atomic mass is 10.1. The van der Waals surface area contributed by atoms with E-state index in [1.165, 1.54) is 0 Å². The van der Waals surface area contributed by atoms with Gasteiger partial charge in [-0.1, -0.05) is 61.5 Å². The summed E-state index contributed by atoms with van der Waals surface area (Å²) in [6.45, 7) is 7.91. The Bertz CT molecular complexity index is 1130. The largest absolute Gasteiger partial charge is 0.483 e. The molecule has 6 heteroatoms. The van der Waals surface area contributed by atoms with Crippen LogP contribution in [0.1, 0.15) is 38.3 Å². The molecule has 0 fully saturated rings. The second-order valence-electron chi connectivity index (χ2n) is 8.33. The fraction of sp³-hybridized carbons (Fsp3) is 0.333. The van der Waals surface area contributed by atoms with E-state index < -0.39 is 6.04 Å². The normalized spacial score (nSPS) is 12.8. The molecule has 33 heavy (non-hydrogen) atoms. The molecule has 2 amide bonds. The number of fused-ring (bicyclic) bond motifs is 1.